The molecule has 0 saturated heterocycles. The summed E-state index contributed by atoms with van der Waals surface area (Å²) in [6.45, 7) is 0.278. The van der Waals surface area contributed by atoms with Crippen LogP contribution in [-0.4, -0.2) is 28.6 Å². The van der Waals surface area contributed by atoms with E-state index < -0.39 is 0 Å². The van der Waals surface area contributed by atoms with Crippen molar-refractivity contribution in [3.63, 3.8) is 0 Å². The van der Waals surface area contributed by atoms with E-state index in [2.05, 4.69) is 20.8 Å². The minimum Gasteiger partial charge on any atom is -0.352 e. The van der Waals surface area contributed by atoms with Gasteiger partial charge in [-0.15, -0.1) is 0 Å². The number of aromatic nitrogens is 2. The maximum absolute atomic E-state index is 12.0. The molecule has 0 atom stereocenters. The third-order valence-corrected chi connectivity index (χ3v) is 3.63. The smallest absolute Gasteiger partial charge is 0.251 e. The number of nitrogens with one attached hydrogen (secondary N) is 3. The molecule has 0 saturated carbocycles. The largest absolute Gasteiger partial charge is 0.352 e. The molecule has 3 rings (SSSR count). The van der Waals surface area contributed by atoms with Gasteiger partial charge in [0.2, 0.25) is 5.91 Å². The van der Waals surface area contributed by atoms with Crippen LogP contribution in [-0.2, 0) is 4.79 Å². The fourth-order valence-corrected chi connectivity index (χ4v) is 2.39. The first kappa shape index (κ1) is 16.4. The van der Waals surface area contributed by atoms with Crippen LogP contribution in [0, 0.1) is 0 Å². The van der Waals surface area contributed by atoms with Crippen LogP contribution in [0.5, 0.6) is 0 Å². The molecule has 0 radical (unpaired) electrons. The molecular formula is C19H18N4O2. The lowest BCUT2D eigenvalue weighted by Gasteiger charge is -2.08. The molecule has 25 heavy (non-hydrogen) atoms. The molecule has 2 amide bonds. The number of nitrogens with zero attached hydrogens (tertiary/aromatic N) is 1. The number of H-pyrrole nitrogens is 1. The standard InChI is InChI=1S/C19H18N4O2/c24-18(10-11-20-19(25)14-5-2-1-3-6-14)22-16-8-4-7-15(13-16)17-9-12-21-23-17/h1-9,12-13H,10-11H2,(H,20,25)(H,21,23)(H,22,24). The van der Waals surface area contributed by atoms with Crippen molar-refractivity contribution in [3.05, 3.63) is 72.4 Å². The van der Waals surface area contributed by atoms with Gasteiger partial charge in [0.1, 0.15) is 0 Å². The summed E-state index contributed by atoms with van der Waals surface area (Å²) in [5.74, 6) is -0.343. The first-order valence-corrected chi connectivity index (χ1v) is 7.95. The first-order chi connectivity index (χ1) is 12.2. The molecule has 0 aliphatic carbocycles. The molecule has 126 valence electrons. The molecule has 6 heteroatoms. The highest BCUT2D eigenvalue weighted by Gasteiger charge is 2.07. The SMILES string of the molecule is O=C(CCNC(=O)c1ccccc1)Nc1cccc(-c2ccn[nH]2)c1. The van der Waals surface area contributed by atoms with E-state index in [0.717, 1.165) is 11.3 Å². The highest BCUT2D eigenvalue weighted by Crippen LogP contribution is 2.20. The lowest BCUT2D eigenvalue weighted by Crippen LogP contribution is -2.27. The fraction of sp³-hybridized carbons (Fsp3) is 0.105. The summed E-state index contributed by atoms with van der Waals surface area (Å²) in [5, 5.41) is 12.4. The van der Waals surface area contributed by atoms with Crippen molar-refractivity contribution in [1.82, 2.24) is 15.5 Å². The molecule has 2 aromatic carbocycles. The van der Waals surface area contributed by atoms with Gasteiger partial charge in [0.05, 0.1) is 5.69 Å². The molecule has 3 N–H and O–H groups in total. The lowest BCUT2D eigenvalue weighted by molar-refractivity contribution is -0.116. The number of rotatable bonds is 6. The highest BCUT2D eigenvalue weighted by molar-refractivity contribution is 5.95. The van der Waals surface area contributed by atoms with Crippen molar-refractivity contribution >= 4 is 17.5 Å². The molecule has 1 heterocycles. The van der Waals surface area contributed by atoms with Crippen LogP contribution in [0.3, 0.4) is 0 Å². The summed E-state index contributed by atoms with van der Waals surface area (Å²) in [6, 6.07) is 18.3. The second kappa shape index (κ2) is 7.92. The van der Waals surface area contributed by atoms with Gasteiger partial charge in [-0.25, -0.2) is 0 Å². The molecule has 0 bridgehead atoms. The number of benzene rings is 2. The fourth-order valence-electron chi connectivity index (χ4n) is 2.39. The van der Waals surface area contributed by atoms with Gasteiger partial charge in [-0.1, -0.05) is 30.3 Å². The Morgan fingerprint density at radius 3 is 2.60 bits per heavy atom. The minimum absolute atomic E-state index is 0.157. The zero-order chi connectivity index (χ0) is 17.5. The molecule has 3 aromatic rings. The van der Waals surface area contributed by atoms with E-state index >= 15 is 0 Å². The topological polar surface area (TPSA) is 86.9 Å². The van der Waals surface area contributed by atoms with Crippen LogP contribution in [0.2, 0.25) is 0 Å². The van der Waals surface area contributed by atoms with E-state index in [0.29, 0.717) is 11.3 Å². The normalized spacial score (nSPS) is 10.2. The van der Waals surface area contributed by atoms with Crippen LogP contribution < -0.4 is 10.6 Å². The Hall–Kier alpha value is -3.41. The second-order valence-electron chi connectivity index (χ2n) is 5.47. The summed E-state index contributed by atoms with van der Waals surface area (Å²) in [4.78, 5) is 24.0. The minimum atomic E-state index is -0.186. The van der Waals surface area contributed by atoms with Crippen LogP contribution >= 0.6 is 0 Å². The quantitative estimate of drug-likeness (QED) is 0.648. The van der Waals surface area contributed by atoms with E-state index in [9.17, 15) is 9.59 Å². The molecule has 0 unspecified atom stereocenters. The summed E-state index contributed by atoms with van der Waals surface area (Å²) in [5.41, 5.74) is 3.10. The van der Waals surface area contributed by atoms with E-state index in [4.69, 9.17) is 0 Å². The average Bonchev–Trinajstić information content (AvgIpc) is 3.17. The predicted octanol–water partition coefficient (Wildman–Crippen LogP) is 2.84. The van der Waals surface area contributed by atoms with Crippen molar-refractivity contribution in [2.75, 3.05) is 11.9 Å². The van der Waals surface area contributed by atoms with Crippen molar-refractivity contribution < 1.29 is 9.59 Å². The van der Waals surface area contributed by atoms with E-state index in [-0.39, 0.29) is 24.8 Å². The number of anilines is 1. The van der Waals surface area contributed by atoms with Gasteiger partial charge >= 0.3 is 0 Å². The molecule has 0 spiro atoms. The Morgan fingerprint density at radius 2 is 1.84 bits per heavy atom. The average molecular weight is 334 g/mol. The number of hydrogen-bond acceptors (Lipinski definition) is 3. The molecule has 0 aliphatic rings. The first-order valence-electron chi connectivity index (χ1n) is 7.95. The Balaban J connectivity index is 1.50. The van der Waals surface area contributed by atoms with Crippen molar-refractivity contribution in [2.24, 2.45) is 0 Å². The van der Waals surface area contributed by atoms with Crippen LogP contribution in [0.15, 0.2) is 66.9 Å². The van der Waals surface area contributed by atoms with Gasteiger partial charge < -0.3 is 10.6 Å². The Morgan fingerprint density at radius 1 is 1.00 bits per heavy atom. The Bertz CT molecular complexity index is 845. The van der Waals surface area contributed by atoms with Crippen molar-refractivity contribution in [2.45, 2.75) is 6.42 Å². The highest BCUT2D eigenvalue weighted by atomic mass is 16.2. The van der Waals surface area contributed by atoms with Gasteiger partial charge in [-0.3, -0.25) is 14.7 Å². The molecule has 0 aliphatic heterocycles. The van der Waals surface area contributed by atoms with Crippen LogP contribution in [0.4, 0.5) is 5.69 Å². The van der Waals surface area contributed by atoms with Gasteiger partial charge in [0.15, 0.2) is 0 Å². The monoisotopic (exact) mass is 334 g/mol. The maximum Gasteiger partial charge on any atom is 0.251 e. The number of amides is 2. The third-order valence-electron chi connectivity index (χ3n) is 3.63. The summed E-state index contributed by atoms with van der Waals surface area (Å²) >= 11 is 0. The lowest BCUT2D eigenvalue weighted by atomic mass is 10.1. The van der Waals surface area contributed by atoms with E-state index in [1.54, 1.807) is 30.5 Å². The van der Waals surface area contributed by atoms with E-state index in [1.807, 2.05) is 36.4 Å². The number of carbonyl (C=O) groups is 2. The number of aromatic amines is 1. The zero-order valence-electron chi connectivity index (χ0n) is 13.5. The zero-order valence-corrected chi connectivity index (χ0v) is 13.5. The number of hydrogen-bond donors (Lipinski definition) is 3. The Kier molecular flexibility index (Phi) is 5.21. The molecule has 1 aromatic heterocycles. The summed E-state index contributed by atoms with van der Waals surface area (Å²) in [6.07, 6.45) is 1.88. The molecule has 6 nitrogen and oxygen atoms in total. The van der Waals surface area contributed by atoms with Crippen LogP contribution in [0.25, 0.3) is 11.3 Å². The van der Waals surface area contributed by atoms with Gasteiger partial charge in [0.25, 0.3) is 5.91 Å². The van der Waals surface area contributed by atoms with Crippen molar-refractivity contribution in [3.8, 4) is 11.3 Å². The van der Waals surface area contributed by atoms with Gasteiger partial charge in [0, 0.05) is 36.0 Å². The third kappa shape index (κ3) is 4.54. The maximum atomic E-state index is 12.0. The summed E-state index contributed by atoms with van der Waals surface area (Å²) in [7, 11) is 0. The van der Waals surface area contributed by atoms with Gasteiger partial charge in [-0.2, -0.15) is 5.10 Å². The van der Waals surface area contributed by atoms with Gasteiger partial charge in [-0.05, 0) is 30.3 Å². The number of carbonyl (C=O) groups excluding carboxylic acids is 2. The predicted molar refractivity (Wildman–Crippen MR) is 96.0 cm³/mol. The Labute approximate surface area is 145 Å². The summed E-state index contributed by atoms with van der Waals surface area (Å²) < 4.78 is 0. The second-order valence-corrected chi connectivity index (χ2v) is 5.47. The van der Waals surface area contributed by atoms with Crippen molar-refractivity contribution in [1.29, 1.82) is 0 Å². The molecular weight excluding hydrogens is 316 g/mol. The van der Waals surface area contributed by atoms with Crippen LogP contribution in [0.1, 0.15) is 16.8 Å². The molecule has 0 fully saturated rings. The van der Waals surface area contributed by atoms with E-state index in [1.165, 1.54) is 0 Å².